The fourth-order valence-electron chi connectivity index (χ4n) is 1.48. The Kier molecular flexibility index (Phi) is 4.00. The summed E-state index contributed by atoms with van der Waals surface area (Å²) < 4.78 is 66.1. The van der Waals surface area contributed by atoms with E-state index >= 15 is 0 Å². The lowest BCUT2D eigenvalue weighted by Crippen LogP contribution is -2.57. The molecule has 0 aromatic heterocycles. The minimum absolute atomic E-state index is 0.00841. The quantitative estimate of drug-likeness (QED) is 0.809. The highest BCUT2D eigenvalue weighted by atomic mass is 19.3. The maximum Gasteiger partial charge on any atom is 0.367 e. The Morgan fingerprint density at radius 2 is 1.50 bits per heavy atom. The van der Waals surface area contributed by atoms with Gasteiger partial charge in [-0.15, -0.1) is 0 Å². The van der Waals surface area contributed by atoms with Gasteiger partial charge in [0.2, 0.25) is 0 Å². The van der Waals surface area contributed by atoms with Gasteiger partial charge in [0.25, 0.3) is 5.85 Å². The lowest BCUT2D eigenvalue weighted by molar-refractivity contribution is -0.333. The molecule has 0 spiro atoms. The van der Waals surface area contributed by atoms with Crippen LogP contribution in [-0.2, 0) is 6.42 Å². The fraction of sp³-hybridized carbons (Fsp3) is 0.500. The summed E-state index contributed by atoms with van der Waals surface area (Å²) in [6.07, 6.45) is -2.46. The van der Waals surface area contributed by atoms with E-state index in [1.165, 1.54) is 24.3 Å². The second kappa shape index (κ2) is 4.84. The molecule has 18 heavy (non-hydrogen) atoms. The Morgan fingerprint density at radius 3 is 1.94 bits per heavy atom. The van der Waals surface area contributed by atoms with Gasteiger partial charge in [-0.2, -0.15) is 17.6 Å². The third-order valence-corrected chi connectivity index (χ3v) is 2.67. The van der Waals surface area contributed by atoms with Crippen molar-refractivity contribution in [3.05, 3.63) is 35.9 Å². The van der Waals surface area contributed by atoms with Crippen molar-refractivity contribution in [1.82, 2.24) is 0 Å². The zero-order chi connectivity index (χ0) is 14.0. The number of alkyl halides is 5. The smallest absolute Gasteiger partial charge is 0.357 e. The Morgan fingerprint density at radius 1 is 1.00 bits per heavy atom. The molecule has 0 radical (unpaired) electrons. The first kappa shape index (κ1) is 14.9. The molecule has 0 bridgehead atoms. The van der Waals surface area contributed by atoms with Crippen molar-refractivity contribution in [1.29, 1.82) is 0 Å². The topological polar surface area (TPSA) is 20.2 Å². The molecule has 0 fully saturated rings. The van der Waals surface area contributed by atoms with Crippen LogP contribution in [0.15, 0.2) is 30.3 Å². The van der Waals surface area contributed by atoms with Gasteiger partial charge in [-0.25, -0.2) is 4.39 Å². The molecule has 1 atom stereocenters. The van der Waals surface area contributed by atoms with Crippen LogP contribution in [0.5, 0.6) is 0 Å². The average Bonchev–Trinajstić information content (AvgIpc) is 2.29. The number of rotatable bonds is 5. The SMILES string of the molecule is CCC(F)(F)C(F)(F)C(O)(F)Cc1ccccc1. The maximum atomic E-state index is 13.6. The van der Waals surface area contributed by atoms with Crippen LogP contribution < -0.4 is 0 Å². The van der Waals surface area contributed by atoms with Crippen LogP contribution in [-0.4, -0.2) is 22.8 Å². The van der Waals surface area contributed by atoms with E-state index in [1.807, 2.05) is 0 Å². The molecule has 1 aromatic carbocycles. The largest absolute Gasteiger partial charge is 0.367 e. The second-order valence-corrected chi connectivity index (χ2v) is 4.05. The van der Waals surface area contributed by atoms with Crippen LogP contribution >= 0.6 is 0 Å². The predicted octanol–water partition coefficient (Wildman–Crippen LogP) is 3.57. The molecule has 6 heteroatoms. The summed E-state index contributed by atoms with van der Waals surface area (Å²) in [5.41, 5.74) is 0.00841. The van der Waals surface area contributed by atoms with E-state index in [0.29, 0.717) is 0 Å². The Balaban J connectivity index is 2.99. The Labute approximate surface area is 101 Å². The molecular weight excluding hydrogens is 255 g/mol. The van der Waals surface area contributed by atoms with E-state index < -0.39 is 30.5 Å². The first-order chi connectivity index (χ1) is 8.14. The summed E-state index contributed by atoms with van der Waals surface area (Å²) in [6, 6.07) is 6.96. The van der Waals surface area contributed by atoms with Gasteiger partial charge < -0.3 is 5.11 Å². The predicted molar refractivity (Wildman–Crippen MR) is 56.4 cm³/mol. The third-order valence-electron chi connectivity index (χ3n) is 2.67. The molecule has 0 heterocycles. The molecule has 0 amide bonds. The Bertz CT molecular complexity index is 389. The van der Waals surface area contributed by atoms with Crippen LogP contribution in [0.2, 0.25) is 0 Å². The van der Waals surface area contributed by atoms with Crippen LogP contribution in [0.1, 0.15) is 18.9 Å². The molecule has 1 rings (SSSR count). The van der Waals surface area contributed by atoms with Gasteiger partial charge >= 0.3 is 11.8 Å². The van der Waals surface area contributed by atoms with E-state index in [1.54, 1.807) is 6.07 Å². The molecule has 0 aliphatic rings. The number of halogens is 5. The average molecular weight is 268 g/mol. The molecule has 0 saturated heterocycles. The minimum Gasteiger partial charge on any atom is -0.357 e. The van der Waals surface area contributed by atoms with Crippen molar-refractivity contribution in [3.8, 4) is 0 Å². The van der Waals surface area contributed by atoms with Gasteiger partial charge in [0.05, 0.1) is 0 Å². The van der Waals surface area contributed by atoms with E-state index in [9.17, 15) is 22.0 Å². The fourth-order valence-corrected chi connectivity index (χ4v) is 1.48. The molecule has 0 aliphatic carbocycles. The summed E-state index contributed by atoms with van der Waals surface area (Å²) in [4.78, 5) is 0. The normalized spacial score (nSPS) is 16.4. The number of aliphatic hydroxyl groups is 1. The van der Waals surface area contributed by atoms with Crippen LogP contribution in [0.25, 0.3) is 0 Å². The van der Waals surface area contributed by atoms with Gasteiger partial charge in [-0.3, -0.25) is 0 Å². The molecular formula is C12H13F5O. The molecule has 1 nitrogen and oxygen atoms in total. The molecule has 0 saturated carbocycles. The highest BCUT2D eigenvalue weighted by molar-refractivity contribution is 5.17. The minimum atomic E-state index is -5.15. The van der Waals surface area contributed by atoms with Gasteiger partial charge in [0.15, 0.2) is 0 Å². The molecule has 102 valence electrons. The number of hydrogen-bond acceptors (Lipinski definition) is 1. The van der Waals surface area contributed by atoms with Gasteiger partial charge in [0, 0.05) is 12.8 Å². The van der Waals surface area contributed by atoms with E-state index in [4.69, 9.17) is 5.11 Å². The standard InChI is InChI=1S/C12H13F5O/c1-2-10(13,14)12(16,17)11(15,18)8-9-6-4-3-5-7-9/h3-7,18H,2,8H2,1H3. The summed E-state index contributed by atoms with van der Waals surface area (Å²) in [7, 11) is 0. The van der Waals surface area contributed by atoms with Crippen molar-refractivity contribution >= 4 is 0 Å². The maximum absolute atomic E-state index is 13.6. The summed E-state index contributed by atoms with van der Waals surface area (Å²) in [5.74, 6) is -14.1. The van der Waals surface area contributed by atoms with Crippen molar-refractivity contribution in [2.24, 2.45) is 0 Å². The van der Waals surface area contributed by atoms with Crippen LogP contribution in [0, 0.1) is 0 Å². The van der Waals surface area contributed by atoms with E-state index in [2.05, 4.69) is 0 Å². The summed E-state index contributed by atoms with van der Waals surface area (Å²) in [6.45, 7) is 0.798. The van der Waals surface area contributed by atoms with Crippen molar-refractivity contribution in [3.63, 3.8) is 0 Å². The van der Waals surface area contributed by atoms with Crippen molar-refractivity contribution in [2.75, 3.05) is 0 Å². The second-order valence-electron chi connectivity index (χ2n) is 4.05. The monoisotopic (exact) mass is 268 g/mol. The highest BCUT2D eigenvalue weighted by Crippen LogP contribution is 2.46. The van der Waals surface area contributed by atoms with Gasteiger partial charge in [-0.05, 0) is 5.56 Å². The number of benzene rings is 1. The van der Waals surface area contributed by atoms with Gasteiger partial charge in [0.1, 0.15) is 0 Å². The first-order valence-corrected chi connectivity index (χ1v) is 5.35. The summed E-state index contributed by atoms with van der Waals surface area (Å²) in [5, 5.41) is 9.07. The molecule has 1 N–H and O–H groups in total. The van der Waals surface area contributed by atoms with Crippen molar-refractivity contribution in [2.45, 2.75) is 37.5 Å². The first-order valence-electron chi connectivity index (χ1n) is 5.35. The molecule has 0 aliphatic heterocycles. The third kappa shape index (κ3) is 2.63. The van der Waals surface area contributed by atoms with Crippen molar-refractivity contribution < 1.29 is 27.1 Å². The summed E-state index contributed by atoms with van der Waals surface area (Å²) >= 11 is 0. The lowest BCUT2D eigenvalue weighted by Gasteiger charge is -2.34. The van der Waals surface area contributed by atoms with Crippen LogP contribution in [0.3, 0.4) is 0 Å². The molecule has 1 unspecified atom stereocenters. The zero-order valence-electron chi connectivity index (χ0n) is 9.64. The van der Waals surface area contributed by atoms with E-state index in [0.717, 1.165) is 6.92 Å². The lowest BCUT2D eigenvalue weighted by atomic mass is 9.95. The Hall–Kier alpha value is -1.17. The number of hydrogen-bond donors (Lipinski definition) is 1. The van der Waals surface area contributed by atoms with Crippen LogP contribution in [0.4, 0.5) is 22.0 Å². The van der Waals surface area contributed by atoms with Gasteiger partial charge in [-0.1, -0.05) is 37.3 Å². The molecule has 1 aromatic rings. The highest BCUT2D eigenvalue weighted by Gasteiger charge is 2.68. The zero-order valence-corrected chi connectivity index (χ0v) is 9.64. The van der Waals surface area contributed by atoms with E-state index in [-0.39, 0.29) is 5.56 Å².